The SMILES string of the molecule is CCNc1cc(-c2cccc(OC(F)(F)F)c2)nc2ccc(N3CCCC3)cc12. The van der Waals surface area contributed by atoms with Crippen LogP contribution < -0.4 is 15.0 Å². The van der Waals surface area contributed by atoms with Crippen molar-refractivity contribution in [3.8, 4) is 17.0 Å². The van der Waals surface area contributed by atoms with Crippen molar-refractivity contribution in [2.45, 2.75) is 26.1 Å². The molecule has 1 aliphatic heterocycles. The fourth-order valence-corrected chi connectivity index (χ4v) is 3.72. The summed E-state index contributed by atoms with van der Waals surface area (Å²) in [6.07, 6.45) is -2.33. The molecule has 0 unspecified atom stereocenters. The number of rotatable bonds is 5. The Morgan fingerprint density at radius 3 is 2.59 bits per heavy atom. The maximum Gasteiger partial charge on any atom is 0.573 e. The summed E-state index contributed by atoms with van der Waals surface area (Å²) in [5, 5.41) is 4.36. The van der Waals surface area contributed by atoms with Gasteiger partial charge in [-0.1, -0.05) is 12.1 Å². The van der Waals surface area contributed by atoms with E-state index in [1.165, 1.54) is 36.7 Å². The predicted octanol–water partition coefficient (Wildman–Crippen LogP) is 5.83. The van der Waals surface area contributed by atoms with Crippen molar-refractivity contribution in [2.75, 3.05) is 29.9 Å². The van der Waals surface area contributed by atoms with Crippen molar-refractivity contribution in [1.29, 1.82) is 0 Å². The Bertz CT molecular complexity index is 1010. The lowest BCUT2D eigenvalue weighted by Gasteiger charge is -2.19. The van der Waals surface area contributed by atoms with Crippen LogP contribution in [0.25, 0.3) is 22.2 Å². The molecule has 1 N–H and O–H groups in total. The van der Waals surface area contributed by atoms with E-state index in [-0.39, 0.29) is 5.75 Å². The maximum atomic E-state index is 12.6. The zero-order valence-corrected chi connectivity index (χ0v) is 16.1. The quantitative estimate of drug-likeness (QED) is 0.583. The molecule has 0 atom stereocenters. The van der Waals surface area contributed by atoms with Gasteiger partial charge in [0.25, 0.3) is 0 Å². The number of nitrogens with zero attached hydrogens (tertiary/aromatic N) is 2. The van der Waals surface area contributed by atoms with Crippen LogP contribution in [0.4, 0.5) is 24.5 Å². The van der Waals surface area contributed by atoms with Gasteiger partial charge in [0.05, 0.1) is 11.2 Å². The molecule has 0 saturated carbocycles. The zero-order chi connectivity index (χ0) is 20.4. The van der Waals surface area contributed by atoms with E-state index in [0.717, 1.165) is 36.2 Å². The average molecular weight is 401 g/mol. The van der Waals surface area contributed by atoms with Crippen molar-refractivity contribution in [3.63, 3.8) is 0 Å². The van der Waals surface area contributed by atoms with Crippen LogP contribution in [0.1, 0.15) is 19.8 Å². The first-order valence-corrected chi connectivity index (χ1v) is 9.73. The number of anilines is 2. The molecule has 0 radical (unpaired) electrons. The predicted molar refractivity (Wildman–Crippen MR) is 109 cm³/mol. The molecule has 0 bridgehead atoms. The van der Waals surface area contributed by atoms with Crippen LogP contribution >= 0.6 is 0 Å². The van der Waals surface area contributed by atoms with Crippen LogP contribution in [-0.4, -0.2) is 31.0 Å². The molecule has 1 saturated heterocycles. The molecule has 4 rings (SSSR count). The van der Waals surface area contributed by atoms with Gasteiger partial charge in [-0.15, -0.1) is 13.2 Å². The van der Waals surface area contributed by atoms with Crippen molar-refractivity contribution in [3.05, 3.63) is 48.5 Å². The number of ether oxygens (including phenoxy) is 1. The van der Waals surface area contributed by atoms with Crippen LogP contribution in [0.3, 0.4) is 0 Å². The number of pyridine rings is 1. The van der Waals surface area contributed by atoms with Gasteiger partial charge >= 0.3 is 6.36 Å². The number of hydrogen-bond acceptors (Lipinski definition) is 4. The fraction of sp³-hybridized carbons (Fsp3) is 0.318. The highest BCUT2D eigenvalue weighted by molar-refractivity contribution is 5.96. The third-order valence-electron chi connectivity index (χ3n) is 4.99. The molecular formula is C22H22F3N3O. The molecule has 1 aromatic heterocycles. The van der Waals surface area contributed by atoms with Gasteiger partial charge in [-0.25, -0.2) is 4.98 Å². The van der Waals surface area contributed by atoms with E-state index >= 15 is 0 Å². The van der Waals surface area contributed by atoms with Crippen molar-refractivity contribution >= 4 is 22.3 Å². The van der Waals surface area contributed by atoms with Gasteiger partial charge in [0.2, 0.25) is 0 Å². The second kappa shape index (κ2) is 7.81. The molecule has 29 heavy (non-hydrogen) atoms. The summed E-state index contributed by atoms with van der Waals surface area (Å²) in [6, 6.07) is 14.0. The van der Waals surface area contributed by atoms with Crippen LogP contribution in [0.5, 0.6) is 5.75 Å². The number of halogens is 3. The highest BCUT2D eigenvalue weighted by Gasteiger charge is 2.31. The molecule has 2 heterocycles. The molecule has 1 aliphatic rings. The minimum Gasteiger partial charge on any atom is -0.406 e. The van der Waals surface area contributed by atoms with E-state index < -0.39 is 6.36 Å². The topological polar surface area (TPSA) is 37.4 Å². The average Bonchev–Trinajstić information content (AvgIpc) is 3.21. The van der Waals surface area contributed by atoms with Crippen LogP contribution in [-0.2, 0) is 0 Å². The van der Waals surface area contributed by atoms with Crippen molar-refractivity contribution in [2.24, 2.45) is 0 Å². The molecule has 4 nitrogen and oxygen atoms in total. The third kappa shape index (κ3) is 4.39. The lowest BCUT2D eigenvalue weighted by Crippen LogP contribution is -2.17. The molecular weight excluding hydrogens is 379 g/mol. The summed E-state index contributed by atoms with van der Waals surface area (Å²) in [6.45, 7) is 4.84. The zero-order valence-electron chi connectivity index (χ0n) is 16.1. The van der Waals surface area contributed by atoms with Crippen LogP contribution in [0, 0.1) is 0 Å². The second-order valence-corrected chi connectivity index (χ2v) is 7.06. The Balaban J connectivity index is 1.76. The van der Waals surface area contributed by atoms with Crippen LogP contribution in [0.15, 0.2) is 48.5 Å². The first-order valence-electron chi connectivity index (χ1n) is 9.73. The summed E-state index contributed by atoms with van der Waals surface area (Å²) in [5.41, 5.74) is 4.04. The second-order valence-electron chi connectivity index (χ2n) is 7.06. The lowest BCUT2D eigenvalue weighted by atomic mass is 10.1. The van der Waals surface area contributed by atoms with Crippen molar-refractivity contribution < 1.29 is 17.9 Å². The Labute approximate surface area is 167 Å². The van der Waals surface area contributed by atoms with Gasteiger partial charge in [-0.2, -0.15) is 0 Å². The van der Waals surface area contributed by atoms with E-state index in [1.54, 1.807) is 6.07 Å². The molecule has 152 valence electrons. The van der Waals surface area contributed by atoms with E-state index in [1.807, 2.05) is 19.1 Å². The summed E-state index contributed by atoms with van der Waals surface area (Å²) >= 11 is 0. The number of hydrogen-bond donors (Lipinski definition) is 1. The van der Waals surface area contributed by atoms with Gasteiger partial charge in [0.15, 0.2) is 0 Å². The van der Waals surface area contributed by atoms with E-state index in [2.05, 4.69) is 27.1 Å². The Morgan fingerprint density at radius 1 is 1.07 bits per heavy atom. The van der Waals surface area contributed by atoms with E-state index in [9.17, 15) is 13.2 Å². The number of fused-ring (bicyclic) bond motifs is 1. The number of nitrogens with one attached hydrogen (secondary N) is 1. The maximum absolute atomic E-state index is 12.6. The largest absolute Gasteiger partial charge is 0.573 e. The normalized spacial score (nSPS) is 14.4. The molecule has 0 aliphatic carbocycles. The van der Waals surface area contributed by atoms with Crippen LogP contribution in [0.2, 0.25) is 0 Å². The number of aromatic nitrogens is 1. The van der Waals surface area contributed by atoms with Gasteiger partial charge in [0, 0.05) is 42.0 Å². The molecule has 3 aromatic rings. The molecule has 2 aromatic carbocycles. The number of benzene rings is 2. The molecule has 0 amide bonds. The molecule has 7 heteroatoms. The summed E-state index contributed by atoms with van der Waals surface area (Å²) in [7, 11) is 0. The summed E-state index contributed by atoms with van der Waals surface area (Å²) in [4.78, 5) is 7.06. The minimum absolute atomic E-state index is 0.258. The Morgan fingerprint density at radius 2 is 1.86 bits per heavy atom. The monoisotopic (exact) mass is 401 g/mol. The van der Waals surface area contributed by atoms with E-state index in [0.29, 0.717) is 11.3 Å². The first kappa shape index (κ1) is 19.4. The highest BCUT2D eigenvalue weighted by atomic mass is 19.4. The lowest BCUT2D eigenvalue weighted by molar-refractivity contribution is -0.274. The summed E-state index contributed by atoms with van der Waals surface area (Å²) in [5.74, 6) is -0.258. The Hall–Kier alpha value is -2.96. The highest BCUT2D eigenvalue weighted by Crippen LogP contribution is 2.34. The standard InChI is InChI=1S/C22H22F3N3O/c1-2-26-21-14-20(15-6-5-7-17(12-15)29-22(23,24)25)27-19-9-8-16(13-18(19)21)28-10-3-4-11-28/h5-9,12-14H,2-4,10-11H2,1H3,(H,26,27). The Kier molecular flexibility index (Phi) is 5.22. The van der Waals surface area contributed by atoms with Gasteiger partial charge in [-0.05, 0) is 56.2 Å². The fourth-order valence-electron chi connectivity index (χ4n) is 3.72. The first-order chi connectivity index (χ1) is 13.9. The van der Waals surface area contributed by atoms with Gasteiger partial charge in [-0.3, -0.25) is 0 Å². The third-order valence-corrected chi connectivity index (χ3v) is 4.99. The minimum atomic E-state index is -4.73. The van der Waals surface area contributed by atoms with Gasteiger partial charge < -0.3 is 15.0 Å². The molecule has 1 fully saturated rings. The smallest absolute Gasteiger partial charge is 0.406 e. The van der Waals surface area contributed by atoms with Crippen molar-refractivity contribution in [1.82, 2.24) is 4.98 Å². The summed E-state index contributed by atoms with van der Waals surface area (Å²) < 4.78 is 41.7. The molecule has 0 spiro atoms. The van der Waals surface area contributed by atoms with Gasteiger partial charge in [0.1, 0.15) is 5.75 Å². The number of alkyl halides is 3. The van der Waals surface area contributed by atoms with E-state index in [4.69, 9.17) is 4.98 Å².